The minimum atomic E-state index is -1.08. The van der Waals surface area contributed by atoms with Gasteiger partial charge in [-0.2, -0.15) is 0 Å². The molecule has 1 fully saturated rings. The molecule has 4 heteroatoms. The van der Waals surface area contributed by atoms with E-state index in [9.17, 15) is 18.8 Å². The molecule has 0 atom stereocenters. The normalized spacial score (nSPS) is 16.5. The Kier molecular flexibility index (Phi) is 3.13. The van der Waals surface area contributed by atoms with Gasteiger partial charge in [-0.3, -0.25) is 14.4 Å². The van der Waals surface area contributed by atoms with E-state index in [1.807, 2.05) is 0 Å². The average Bonchev–Trinajstić information content (AvgIpc) is 2.62. The number of carbonyl (C=O) groups excluding carboxylic acids is 3. The molecule has 3 nitrogen and oxygen atoms in total. The Labute approximate surface area is 97.6 Å². The summed E-state index contributed by atoms with van der Waals surface area (Å²) in [6.45, 7) is 0. The summed E-state index contributed by atoms with van der Waals surface area (Å²) in [7, 11) is 0. The molecule has 1 aliphatic rings. The topological polar surface area (TPSA) is 51.2 Å². The van der Waals surface area contributed by atoms with Crippen LogP contribution in [-0.2, 0) is 20.8 Å². The van der Waals surface area contributed by atoms with Crippen molar-refractivity contribution in [3.63, 3.8) is 0 Å². The molecule has 1 aromatic rings. The van der Waals surface area contributed by atoms with Gasteiger partial charge >= 0.3 is 0 Å². The van der Waals surface area contributed by atoms with Crippen molar-refractivity contribution in [2.24, 2.45) is 5.92 Å². The van der Waals surface area contributed by atoms with Crippen molar-refractivity contribution in [2.45, 2.75) is 19.3 Å². The van der Waals surface area contributed by atoms with Crippen LogP contribution in [0.4, 0.5) is 4.39 Å². The van der Waals surface area contributed by atoms with Crippen LogP contribution in [0.3, 0.4) is 0 Å². The minimum absolute atomic E-state index is 0.00241. The molecular formula is C13H11FO3. The predicted octanol–water partition coefficient (Wildman–Crippen LogP) is 1.49. The van der Waals surface area contributed by atoms with E-state index in [1.54, 1.807) is 0 Å². The maximum atomic E-state index is 12.7. The van der Waals surface area contributed by atoms with E-state index in [0.717, 1.165) is 0 Å². The van der Waals surface area contributed by atoms with Gasteiger partial charge in [0.25, 0.3) is 0 Å². The van der Waals surface area contributed by atoms with E-state index in [4.69, 9.17) is 0 Å². The summed E-state index contributed by atoms with van der Waals surface area (Å²) >= 11 is 0. The van der Waals surface area contributed by atoms with Crippen LogP contribution in [0, 0.1) is 11.7 Å². The first-order valence-corrected chi connectivity index (χ1v) is 5.40. The average molecular weight is 234 g/mol. The lowest BCUT2D eigenvalue weighted by atomic mass is 9.95. The maximum Gasteiger partial charge on any atom is 0.155 e. The molecule has 0 heterocycles. The minimum Gasteiger partial charge on any atom is -0.298 e. The zero-order valence-corrected chi connectivity index (χ0v) is 9.11. The quantitative estimate of drug-likeness (QED) is 0.744. The van der Waals surface area contributed by atoms with Crippen LogP contribution in [0.1, 0.15) is 18.4 Å². The summed E-state index contributed by atoms with van der Waals surface area (Å²) in [5.41, 5.74) is 0.615. The second-order valence-corrected chi connectivity index (χ2v) is 4.14. The van der Waals surface area contributed by atoms with E-state index in [-0.39, 0.29) is 42.4 Å². The molecule has 0 saturated heterocycles. The van der Waals surface area contributed by atoms with Gasteiger partial charge in [-0.1, -0.05) is 12.1 Å². The van der Waals surface area contributed by atoms with E-state index in [0.29, 0.717) is 5.56 Å². The molecule has 0 radical (unpaired) electrons. The molecule has 0 aromatic heterocycles. The number of hydrogen-bond donors (Lipinski definition) is 0. The smallest absolute Gasteiger partial charge is 0.155 e. The Balaban J connectivity index is 2.09. The Morgan fingerprint density at radius 2 is 1.65 bits per heavy atom. The van der Waals surface area contributed by atoms with Gasteiger partial charge in [0.1, 0.15) is 11.7 Å². The lowest BCUT2D eigenvalue weighted by Gasteiger charge is -2.05. The lowest BCUT2D eigenvalue weighted by Crippen LogP contribution is -2.26. The van der Waals surface area contributed by atoms with Crippen LogP contribution >= 0.6 is 0 Å². The Hall–Kier alpha value is -1.84. The number of carbonyl (C=O) groups is 3. The molecule has 0 spiro atoms. The molecule has 88 valence electrons. The third-order valence-electron chi connectivity index (χ3n) is 2.88. The Bertz CT molecular complexity index is 460. The van der Waals surface area contributed by atoms with Crippen LogP contribution < -0.4 is 0 Å². The van der Waals surface area contributed by atoms with Gasteiger partial charge in [-0.15, -0.1) is 0 Å². The highest BCUT2D eigenvalue weighted by atomic mass is 19.1. The van der Waals surface area contributed by atoms with Crippen molar-refractivity contribution >= 4 is 17.3 Å². The zero-order chi connectivity index (χ0) is 12.4. The summed E-state index contributed by atoms with van der Waals surface area (Å²) in [6.07, 6.45) is 0.333. The van der Waals surface area contributed by atoms with Gasteiger partial charge in [0.05, 0.1) is 0 Å². The molecule has 0 amide bonds. The summed E-state index contributed by atoms with van der Waals surface area (Å²) in [6, 6.07) is 5.47. The third kappa shape index (κ3) is 2.46. The lowest BCUT2D eigenvalue weighted by molar-refractivity contribution is -0.135. The molecule has 0 aliphatic heterocycles. The standard InChI is InChI=1S/C13H11FO3/c14-9-3-1-8(2-4-9)7-12(17)13-10(15)5-6-11(13)16/h1-4,13H,5-7H2. The van der Waals surface area contributed by atoms with Gasteiger partial charge in [-0.05, 0) is 17.7 Å². The second-order valence-electron chi connectivity index (χ2n) is 4.14. The number of halogens is 1. The van der Waals surface area contributed by atoms with Crippen molar-refractivity contribution in [3.8, 4) is 0 Å². The first kappa shape index (κ1) is 11.6. The SMILES string of the molecule is O=C1CCC(=O)C1C(=O)Cc1ccc(F)cc1. The molecule has 0 bridgehead atoms. The molecule has 0 unspecified atom stereocenters. The van der Waals surface area contributed by atoms with Crippen molar-refractivity contribution in [3.05, 3.63) is 35.6 Å². The van der Waals surface area contributed by atoms with E-state index in [2.05, 4.69) is 0 Å². The predicted molar refractivity (Wildman–Crippen MR) is 57.8 cm³/mol. The fourth-order valence-corrected chi connectivity index (χ4v) is 1.98. The molecule has 1 aliphatic carbocycles. The van der Waals surface area contributed by atoms with Crippen LogP contribution in [-0.4, -0.2) is 17.3 Å². The summed E-state index contributed by atoms with van der Waals surface area (Å²) in [5.74, 6) is -2.43. The molecule has 17 heavy (non-hydrogen) atoms. The monoisotopic (exact) mass is 234 g/mol. The third-order valence-corrected chi connectivity index (χ3v) is 2.88. The number of ketones is 3. The Morgan fingerprint density at radius 1 is 1.12 bits per heavy atom. The maximum absolute atomic E-state index is 12.7. The van der Waals surface area contributed by atoms with Crippen LogP contribution in [0.2, 0.25) is 0 Å². The van der Waals surface area contributed by atoms with Gasteiger partial charge in [-0.25, -0.2) is 4.39 Å². The van der Waals surface area contributed by atoms with Gasteiger partial charge in [0.15, 0.2) is 17.3 Å². The highest BCUT2D eigenvalue weighted by Gasteiger charge is 2.37. The number of hydrogen-bond acceptors (Lipinski definition) is 3. The Morgan fingerprint density at radius 3 is 2.18 bits per heavy atom. The first-order chi connectivity index (χ1) is 8.08. The molecule has 0 N–H and O–H groups in total. The molecule has 1 aromatic carbocycles. The molecular weight excluding hydrogens is 223 g/mol. The van der Waals surface area contributed by atoms with Crippen molar-refractivity contribution in [1.29, 1.82) is 0 Å². The number of rotatable bonds is 3. The number of benzene rings is 1. The fraction of sp³-hybridized carbons (Fsp3) is 0.308. The van der Waals surface area contributed by atoms with Gasteiger partial charge in [0.2, 0.25) is 0 Å². The van der Waals surface area contributed by atoms with Crippen LogP contribution in [0.15, 0.2) is 24.3 Å². The zero-order valence-electron chi connectivity index (χ0n) is 9.11. The summed E-state index contributed by atoms with van der Waals surface area (Å²) in [4.78, 5) is 34.5. The van der Waals surface area contributed by atoms with Gasteiger partial charge in [0, 0.05) is 19.3 Å². The first-order valence-electron chi connectivity index (χ1n) is 5.40. The molecule has 1 saturated carbocycles. The van der Waals surface area contributed by atoms with Crippen molar-refractivity contribution in [1.82, 2.24) is 0 Å². The van der Waals surface area contributed by atoms with E-state index < -0.39 is 5.92 Å². The number of Topliss-reactive ketones (excluding diaryl/α,β-unsaturated/α-hetero) is 3. The van der Waals surface area contributed by atoms with Crippen molar-refractivity contribution < 1.29 is 18.8 Å². The summed E-state index contributed by atoms with van der Waals surface area (Å²) in [5, 5.41) is 0. The van der Waals surface area contributed by atoms with Gasteiger partial charge < -0.3 is 0 Å². The van der Waals surface area contributed by atoms with Crippen LogP contribution in [0.5, 0.6) is 0 Å². The van der Waals surface area contributed by atoms with E-state index >= 15 is 0 Å². The second kappa shape index (κ2) is 4.57. The summed E-state index contributed by atoms with van der Waals surface area (Å²) < 4.78 is 12.7. The van der Waals surface area contributed by atoms with Crippen LogP contribution in [0.25, 0.3) is 0 Å². The largest absolute Gasteiger partial charge is 0.298 e. The van der Waals surface area contributed by atoms with Crippen molar-refractivity contribution in [2.75, 3.05) is 0 Å². The highest BCUT2D eigenvalue weighted by molar-refractivity contribution is 6.23. The fourth-order valence-electron chi connectivity index (χ4n) is 1.98. The molecule has 2 rings (SSSR count). The van der Waals surface area contributed by atoms with E-state index in [1.165, 1.54) is 24.3 Å². The highest BCUT2D eigenvalue weighted by Crippen LogP contribution is 2.20.